The smallest absolute Gasteiger partial charge is 0.291 e. The highest BCUT2D eigenvalue weighted by Gasteiger charge is 2.17. The molecule has 3 aromatic carbocycles. The van der Waals surface area contributed by atoms with Crippen molar-refractivity contribution in [3.8, 4) is 11.5 Å². The highest BCUT2D eigenvalue weighted by Crippen LogP contribution is 2.28. The standard InChI is InChI=1S/C27H24N4O4/c1-34-20-12-19(13-21(14-20)35-2)29-25(32)17-31-27(33)26-23(15-28-31)22-10-6-7-11-24(22)30(26)16-18-8-4-3-5-9-18/h3-15H,16-17H2,1-2H3,(H,29,32). The summed E-state index contributed by atoms with van der Waals surface area (Å²) in [5.41, 5.74) is 2.70. The fourth-order valence-electron chi connectivity index (χ4n) is 4.25. The zero-order valence-corrected chi connectivity index (χ0v) is 19.4. The fraction of sp³-hybridized carbons (Fsp3) is 0.148. The van der Waals surface area contributed by atoms with Gasteiger partial charge >= 0.3 is 0 Å². The van der Waals surface area contributed by atoms with Gasteiger partial charge in [0.05, 0.1) is 20.4 Å². The number of aromatic nitrogens is 3. The van der Waals surface area contributed by atoms with Crippen molar-refractivity contribution in [3.05, 3.63) is 94.9 Å². The normalized spacial score (nSPS) is 11.0. The zero-order valence-electron chi connectivity index (χ0n) is 19.4. The number of para-hydroxylation sites is 1. The van der Waals surface area contributed by atoms with Gasteiger partial charge in [-0.05, 0) is 11.6 Å². The first-order chi connectivity index (χ1) is 17.1. The van der Waals surface area contributed by atoms with E-state index in [1.54, 1.807) is 24.4 Å². The Morgan fingerprint density at radius 1 is 0.914 bits per heavy atom. The quantitative estimate of drug-likeness (QED) is 0.389. The van der Waals surface area contributed by atoms with E-state index in [1.165, 1.54) is 18.9 Å². The van der Waals surface area contributed by atoms with Gasteiger partial charge in [-0.1, -0.05) is 48.5 Å². The van der Waals surface area contributed by atoms with E-state index < -0.39 is 0 Å². The largest absolute Gasteiger partial charge is 0.497 e. The lowest BCUT2D eigenvalue weighted by molar-refractivity contribution is -0.117. The Labute approximate surface area is 201 Å². The van der Waals surface area contributed by atoms with E-state index in [1.807, 2.05) is 59.2 Å². The Morgan fingerprint density at radius 3 is 2.31 bits per heavy atom. The third kappa shape index (κ3) is 4.33. The average molecular weight is 469 g/mol. The SMILES string of the molecule is COc1cc(NC(=O)Cn2ncc3c4ccccc4n(Cc4ccccc4)c3c2=O)cc(OC)c1. The number of rotatable bonds is 7. The summed E-state index contributed by atoms with van der Waals surface area (Å²) in [7, 11) is 3.07. The van der Waals surface area contributed by atoms with Crippen LogP contribution in [-0.2, 0) is 17.9 Å². The van der Waals surface area contributed by atoms with Crippen molar-refractivity contribution in [1.29, 1.82) is 0 Å². The second-order valence-corrected chi connectivity index (χ2v) is 8.11. The van der Waals surface area contributed by atoms with Crippen LogP contribution < -0.4 is 20.3 Å². The first-order valence-corrected chi connectivity index (χ1v) is 11.1. The monoisotopic (exact) mass is 468 g/mol. The number of hydrogen-bond acceptors (Lipinski definition) is 5. The van der Waals surface area contributed by atoms with Crippen LogP contribution in [-0.4, -0.2) is 34.5 Å². The van der Waals surface area contributed by atoms with Gasteiger partial charge in [-0.25, -0.2) is 4.68 Å². The molecule has 0 radical (unpaired) electrons. The van der Waals surface area contributed by atoms with E-state index >= 15 is 0 Å². The van der Waals surface area contributed by atoms with E-state index in [0.29, 0.717) is 29.2 Å². The molecule has 2 heterocycles. The number of carbonyl (C=O) groups is 1. The lowest BCUT2D eigenvalue weighted by atomic mass is 10.2. The molecule has 0 unspecified atom stereocenters. The Morgan fingerprint density at radius 2 is 1.60 bits per heavy atom. The van der Waals surface area contributed by atoms with Crippen molar-refractivity contribution in [3.63, 3.8) is 0 Å². The number of nitrogens with zero attached hydrogens (tertiary/aromatic N) is 3. The van der Waals surface area contributed by atoms with Crippen molar-refractivity contribution < 1.29 is 14.3 Å². The van der Waals surface area contributed by atoms with Crippen LogP contribution in [0.25, 0.3) is 21.8 Å². The van der Waals surface area contributed by atoms with E-state index in [2.05, 4.69) is 10.4 Å². The van der Waals surface area contributed by atoms with Gasteiger partial charge in [-0.15, -0.1) is 0 Å². The molecular formula is C27H24N4O4. The molecule has 2 aromatic heterocycles. The Bertz CT molecular complexity index is 1570. The van der Waals surface area contributed by atoms with Crippen molar-refractivity contribution in [2.75, 3.05) is 19.5 Å². The van der Waals surface area contributed by atoms with Crippen LogP contribution in [0.3, 0.4) is 0 Å². The van der Waals surface area contributed by atoms with E-state index in [4.69, 9.17) is 9.47 Å². The Hall–Kier alpha value is -4.59. The molecule has 8 heteroatoms. The summed E-state index contributed by atoms with van der Waals surface area (Å²) in [6, 6.07) is 22.9. The number of methoxy groups -OCH3 is 2. The number of hydrogen-bond donors (Lipinski definition) is 1. The number of carbonyl (C=O) groups excluding carboxylic acids is 1. The van der Waals surface area contributed by atoms with Crippen molar-refractivity contribution in [1.82, 2.24) is 14.3 Å². The second-order valence-electron chi connectivity index (χ2n) is 8.11. The molecule has 35 heavy (non-hydrogen) atoms. The van der Waals surface area contributed by atoms with E-state index in [0.717, 1.165) is 21.9 Å². The lowest BCUT2D eigenvalue weighted by Gasteiger charge is -2.11. The predicted molar refractivity (Wildman–Crippen MR) is 135 cm³/mol. The molecule has 0 saturated carbocycles. The van der Waals surface area contributed by atoms with Crippen molar-refractivity contribution >= 4 is 33.4 Å². The molecule has 1 N–H and O–H groups in total. The van der Waals surface area contributed by atoms with Crippen LogP contribution >= 0.6 is 0 Å². The summed E-state index contributed by atoms with van der Waals surface area (Å²) in [6.07, 6.45) is 1.66. The first kappa shape index (κ1) is 22.2. The molecule has 0 spiro atoms. The number of anilines is 1. The summed E-state index contributed by atoms with van der Waals surface area (Å²) in [6.45, 7) is 0.293. The van der Waals surface area contributed by atoms with Crippen LogP contribution in [0, 0.1) is 0 Å². The molecular weight excluding hydrogens is 444 g/mol. The topological polar surface area (TPSA) is 87.4 Å². The lowest BCUT2D eigenvalue weighted by Crippen LogP contribution is -2.30. The molecule has 8 nitrogen and oxygen atoms in total. The van der Waals surface area contributed by atoms with Gasteiger partial charge < -0.3 is 19.4 Å². The minimum Gasteiger partial charge on any atom is -0.497 e. The van der Waals surface area contributed by atoms with Crippen molar-refractivity contribution in [2.45, 2.75) is 13.1 Å². The third-order valence-electron chi connectivity index (χ3n) is 5.89. The van der Waals surface area contributed by atoms with Gasteiger partial charge in [0.1, 0.15) is 23.6 Å². The molecule has 1 amide bonds. The highest BCUT2D eigenvalue weighted by molar-refractivity contribution is 6.07. The maximum absolute atomic E-state index is 13.6. The van der Waals surface area contributed by atoms with Gasteiger partial charge in [0.25, 0.3) is 5.56 Å². The van der Waals surface area contributed by atoms with Gasteiger partial charge in [0, 0.05) is 46.7 Å². The number of fused-ring (bicyclic) bond motifs is 3. The fourth-order valence-corrected chi connectivity index (χ4v) is 4.25. The molecule has 0 aliphatic carbocycles. The summed E-state index contributed by atoms with van der Waals surface area (Å²) in [4.78, 5) is 26.4. The van der Waals surface area contributed by atoms with Gasteiger partial charge in [0.2, 0.25) is 5.91 Å². The Balaban J connectivity index is 1.52. The molecule has 0 aliphatic heterocycles. The van der Waals surface area contributed by atoms with E-state index in [-0.39, 0.29) is 18.0 Å². The molecule has 0 saturated heterocycles. The molecule has 0 bridgehead atoms. The van der Waals surface area contributed by atoms with Crippen LogP contribution in [0.15, 0.2) is 83.8 Å². The van der Waals surface area contributed by atoms with Gasteiger partial charge in [0.15, 0.2) is 0 Å². The van der Waals surface area contributed by atoms with Crippen LogP contribution in [0.4, 0.5) is 5.69 Å². The number of nitrogens with one attached hydrogen (secondary N) is 1. The zero-order chi connectivity index (χ0) is 24.4. The maximum Gasteiger partial charge on any atom is 0.291 e. The maximum atomic E-state index is 13.6. The van der Waals surface area contributed by atoms with Crippen LogP contribution in [0.2, 0.25) is 0 Å². The highest BCUT2D eigenvalue weighted by atomic mass is 16.5. The van der Waals surface area contributed by atoms with Crippen molar-refractivity contribution in [2.24, 2.45) is 0 Å². The minimum atomic E-state index is -0.389. The summed E-state index contributed by atoms with van der Waals surface area (Å²) < 4.78 is 13.7. The van der Waals surface area contributed by atoms with Crippen LogP contribution in [0.5, 0.6) is 11.5 Å². The van der Waals surface area contributed by atoms with Crippen LogP contribution in [0.1, 0.15) is 5.56 Å². The van der Waals surface area contributed by atoms with E-state index in [9.17, 15) is 9.59 Å². The number of benzene rings is 3. The molecule has 0 aliphatic rings. The van der Waals surface area contributed by atoms with Gasteiger partial charge in [-0.2, -0.15) is 5.10 Å². The summed E-state index contributed by atoms with van der Waals surface area (Å²) in [5, 5.41) is 8.80. The minimum absolute atomic E-state index is 0.235. The molecule has 176 valence electrons. The number of ether oxygens (including phenoxy) is 2. The third-order valence-corrected chi connectivity index (χ3v) is 5.89. The second kappa shape index (κ2) is 9.34. The predicted octanol–water partition coefficient (Wildman–Crippen LogP) is 4.06. The van der Waals surface area contributed by atoms with Gasteiger partial charge in [-0.3, -0.25) is 9.59 Å². The summed E-state index contributed by atoms with van der Waals surface area (Å²) in [5.74, 6) is 0.698. The Kier molecular flexibility index (Phi) is 5.93. The average Bonchev–Trinajstić information content (AvgIpc) is 3.20. The number of amides is 1. The molecule has 0 fully saturated rings. The molecule has 0 atom stereocenters. The molecule has 5 rings (SSSR count). The first-order valence-electron chi connectivity index (χ1n) is 11.1. The molecule has 5 aromatic rings. The summed E-state index contributed by atoms with van der Waals surface area (Å²) >= 11 is 0.